The zero-order valence-electron chi connectivity index (χ0n) is 8.78. The lowest BCUT2D eigenvalue weighted by atomic mass is 9.93. The molecule has 0 atom stereocenters. The second-order valence-corrected chi connectivity index (χ2v) is 5.93. The molecular weight excluding hydrogens is 290 g/mol. The maximum Gasteiger partial charge on any atom is 0.261 e. The molecule has 0 aromatic carbocycles. The van der Waals surface area contributed by atoms with Crippen molar-refractivity contribution in [2.75, 3.05) is 0 Å². The van der Waals surface area contributed by atoms with E-state index in [1.165, 1.54) is 11.3 Å². The van der Waals surface area contributed by atoms with Crippen molar-refractivity contribution in [3.63, 3.8) is 0 Å². The summed E-state index contributed by atoms with van der Waals surface area (Å²) in [5.74, 6) is -0.00269. The van der Waals surface area contributed by atoms with Crippen LogP contribution in [-0.2, 0) is 0 Å². The minimum atomic E-state index is -0.177. The predicted molar refractivity (Wildman–Crippen MR) is 67.7 cm³/mol. The molecule has 0 unspecified atom stereocenters. The summed E-state index contributed by atoms with van der Waals surface area (Å²) in [7, 11) is 0. The van der Waals surface area contributed by atoms with Gasteiger partial charge in [0.15, 0.2) is 0 Å². The van der Waals surface area contributed by atoms with E-state index >= 15 is 0 Å². The number of rotatable bonds is 2. The number of aliphatic hydroxyl groups excluding tert-OH is 1. The van der Waals surface area contributed by atoms with Gasteiger partial charge in [-0.05, 0) is 47.7 Å². The third-order valence-electron chi connectivity index (χ3n) is 2.82. The molecular formula is C11H14BrNO2S. The first-order valence-corrected chi connectivity index (χ1v) is 7.05. The van der Waals surface area contributed by atoms with Gasteiger partial charge in [0, 0.05) is 15.9 Å². The fourth-order valence-electron chi connectivity index (χ4n) is 1.91. The summed E-state index contributed by atoms with van der Waals surface area (Å²) in [4.78, 5) is 12.6. The number of carbonyl (C=O) groups excluding carboxylic acids is 1. The van der Waals surface area contributed by atoms with E-state index in [0.29, 0.717) is 0 Å². The van der Waals surface area contributed by atoms with Crippen LogP contribution in [0.5, 0.6) is 0 Å². The summed E-state index contributed by atoms with van der Waals surface area (Å²) in [6.07, 6.45) is 3.15. The molecule has 0 aliphatic heterocycles. The van der Waals surface area contributed by atoms with E-state index in [1.54, 1.807) is 0 Å². The first-order valence-electron chi connectivity index (χ1n) is 5.38. The van der Waals surface area contributed by atoms with Gasteiger partial charge < -0.3 is 10.4 Å². The molecule has 2 rings (SSSR count). The summed E-state index contributed by atoms with van der Waals surface area (Å²) in [6, 6.07) is 2.05. The van der Waals surface area contributed by atoms with Gasteiger partial charge in [-0.15, -0.1) is 11.3 Å². The average Bonchev–Trinajstić information content (AvgIpc) is 2.68. The van der Waals surface area contributed by atoms with E-state index in [4.69, 9.17) is 0 Å². The molecule has 1 fully saturated rings. The summed E-state index contributed by atoms with van der Waals surface area (Å²) in [6.45, 7) is 0. The SMILES string of the molecule is O=C(NC1CCC(O)CC1)c1cc(Br)cs1. The van der Waals surface area contributed by atoms with Gasteiger partial charge in [-0.25, -0.2) is 0 Å². The number of halogens is 1. The Bertz CT molecular complexity index is 372. The Hall–Kier alpha value is -0.390. The molecule has 1 aromatic heterocycles. The molecule has 1 saturated carbocycles. The fourth-order valence-corrected chi connectivity index (χ4v) is 3.24. The molecule has 88 valence electrons. The van der Waals surface area contributed by atoms with E-state index in [1.807, 2.05) is 11.4 Å². The quantitative estimate of drug-likeness (QED) is 0.882. The van der Waals surface area contributed by atoms with Crippen LogP contribution in [0, 0.1) is 0 Å². The molecule has 1 aromatic rings. The summed E-state index contributed by atoms with van der Waals surface area (Å²) in [5, 5.41) is 14.3. The molecule has 1 aliphatic carbocycles. The largest absolute Gasteiger partial charge is 0.393 e. The van der Waals surface area contributed by atoms with Crippen molar-refractivity contribution in [1.82, 2.24) is 5.32 Å². The van der Waals surface area contributed by atoms with Gasteiger partial charge in [0.1, 0.15) is 0 Å². The predicted octanol–water partition coefficient (Wildman–Crippen LogP) is 2.54. The Balaban J connectivity index is 1.88. The molecule has 2 N–H and O–H groups in total. The molecule has 1 amide bonds. The zero-order chi connectivity index (χ0) is 11.5. The van der Waals surface area contributed by atoms with Crippen molar-refractivity contribution < 1.29 is 9.90 Å². The van der Waals surface area contributed by atoms with E-state index in [-0.39, 0.29) is 18.1 Å². The Morgan fingerprint density at radius 3 is 2.69 bits per heavy atom. The minimum absolute atomic E-state index is 0.00269. The van der Waals surface area contributed by atoms with Gasteiger partial charge in [-0.1, -0.05) is 0 Å². The highest BCUT2D eigenvalue weighted by Crippen LogP contribution is 2.22. The summed E-state index contributed by atoms with van der Waals surface area (Å²) >= 11 is 4.77. The second-order valence-electron chi connectivity index (χ2n) is 4.11. The number of nitrogens with one attached hydrogen (secondary N) is 1. The van der Waals surface area contributed by atoms with Crippen molar-refractivity contribution in [3.8, 4) is 0 Å². The lowest BCUT2D eigenvalue weighted by molar-refractivity contribution is 0.0871. The van der Waals surface area contributed by atoms with Gasteiger partial charge in [0.25, 0.3) is 5.91 Å². The molecule has 1 heterocycles. The molecule has 16 heavy (non-hydrogen) atoms. The van der Waals surface area contributed by atoms with Crippen molar-refractivity contribution in [3.05, 3.63) is 20.8 Å². The Morgan fingerprint density at radius 1 is 1.44 bits per heavy atom. The number of amides is 1. The third-order valence-corrected chi connectivity index (χ3v) is 4.51. The van der Waals surface area contributed by atoms with Crippen LogP contribution in [-0.4, -0.2) is 23.2 Å². The van der Waals surface area contributed by atoms with Gasteiger partial charge >= 0.3 is 0 Å². The summed E-state index contributed by atoms with van der Waals surface area (Å²) < 4.78 is 0.946. The average molecular weight is 304 g/mol. The van der Waals surface area contributed by atoms with E-state index in [2.05, 4.69) is 21.2 Å². The number of hydrogen-bond acceptors (Lipinski definition) is 3. The van der Waals surface area contributed by atoms with E-state index in [0.717, 1.165) is 35.0 Å². The van der Waals surface area contributed by atoms with E-state index < -0.39 is 0 Å². The van der Waals surface area contributed by atoms with Gasteiger partial charge in [-0.3, -0.25) is 4.79 Å². The highest BCUT2D eigenvalue weighted by molar-refractivity contribution is 9.10. The minimum Gasteiger partial charge on any atom is -0.393 e. The monoisotopic (exact) mass is 303 g/mol. The second kappa shape index (κ2) is 5.29. The van der Waals surface area contributed by atoms with Crippen LogP contribution in [0.3, 0.4) is 0 Å². The van der Waals surface area contributed by atoms with Gasteiger partial charge in [0.05, 0.1) is 11.0 Å². The van der Waals surface area contributed by atoms with Crippen LogP contribution in [0.25, 0.3) is 0 Å². The summed E-state index contributed by atoms with van der Waals surface area (Å²) in [5.41, 5.74) is 0. The Morgan fingerprint density at radius 2 is 2.12 bits per heavy atom. The number of carbonyl (C=O) groups is 1. The smallest absolute Gasteiger partial charge is 0.261 e. The Kier molecular flexibility index (Phi) is 4.00. The number of aliphatic hydroxyl groups is 1. The topological polar surface area (TPSA) is 49.3 Å². The molecule has 0 radical (unpaired) electrons. The normalized spacial score (nSPS) is 25.4. The highest BCUT2D eigenvalue weighted by atomic mass is 79.9. The molecule has 0 saturated heterocycles. The lowest BCUT2D eigenvalue weighted by Gasteiger charge is -2.25. The van der Waals surface area contributed by atoms with Gasteiger partial charge in [-0.2, -0.15) is 0 Å². The Labute approximate surface area is 107 Å². The molecule has 0 bridgehead atoms. The first-order chi connectivity index (χ1) is 7.65. The van der Waals surface area contributed by atoms with Crippen molar-refractivity contribution in [2.45, 2.75) is 37.8 Å². The van der Waals surface area contributed by atoms with Crippen molar-refractivity contribution in [2.24, 2.45) is 0 Å². The van der Waals surface area contributed by atoms with Crippen LogP contribution in [0.2, 0.25) is 0 Å². The van der Waals surface area contributed by atoms with Crippen LogP contribution in [0.15, 0.2) is 15.9 Å². The van der Waals surface area contributed by atoms with Crippen LogP contribution in [0.1, 0.15) is 35.4 Å². The lowest BCUT2D eigenvalue weighted by Crippen LogP contribution is -2.38. The van der Waals surface area contributed by atoms with Crippen molar-refractivity contribution >= 4 is 33.2 Å². The molecule has 0 spiro atoms. The standard InChI is InChI=1S/C11H14BrNO2S/c12-7-5-10(16-6-7)11(15)13-8-1-3-9(14)4-2-8/h5-6,8-9,14H,1-4H2,(H,13,15). The zero-order valence-corrected chi connectivity index (χ0v) is 11.2. The third kappa shape index (κ3) is 3.06. The molecule has 1 aliphatic rings. The molecule has 3 nitrogen and oxygen atoms in total. The maximum absolute atomic E-state index is 11.8. The van der Waals surface area contributed by atoms with Crippen LogP contribution in [0.4, 0.5) is 0 Å². The first kappa shape index (κ1) is 12.1. The van der Waals surface area contributed by atoms with Crippen LogP contribution < -0.4 is 5.32 Å². The van der Waals surface area contributed by atoms with Crippen molar-refractivity contribution in [1.29, 1.82) is 0 Å². The number of thiophene rings is 1. The maximum atomic E-state index is 11.8. The van der Waals surface area contributed by atoms with Gasteiger partial charge in [0.2, 0.25) is 0 Å². The van der Waals surface area contributed by atoms with Crippen LogP contribution >= 0.6 is 27.3 Å². The molecule has 5 heteroatoms. The highest BCUT2D eigenvalue weighted by Gasteiger charge is 2.21. The van der Waals surface area contributed by atoms with E-state index in [9.17, 15) is 9.90 Å². The fraction of sp³-hybridized carbons (Fsp3) is 0.545. The number of hydrogen-bond donors (Lipinski definition) is 2.